The highest BCUT2D eigenvalue weighted by Crippen LogP contribution is 2.58. The van der Waals surface area contributed by atoms with E-state index in [-0.39, 0.29) is 36.4 Å². The zero-order chi connectivity index (χ0) is 24.5. The summed E-state index contributed by atoms with van der Waals surface area (Å²) in [6, 6.07) is -1.38. The second-order valence-electron chi connectivity index (χ2n) is 10.3. The molecule has 0 aliphatic carbocycles. The molecule has 1 spiro atoms. The van der Waals surface area contributed by atoms with Crippen molar-refractivity contribution in [2.24, 2.45) is 17.8 Å². The molecule has 4 aliphatic rings. The van der Waals surface area contributed by atoms with Gasteiger partial charge in [-0.15, -0.1) is 0 Å². The van der Waals surface area contributed by atoms with Crippen molar-refractivity contribution in [3.8, 4) is 0 Å². The highest BCUT2D eigenvalue weighted by molar-refractivity contribution is 5.99. The predicted octanol–water partition coefficient (Wildman–Crippen LogP) is -0.647. The van der Waals surface area contributed by atoms with Crippen LogP contribution in [-0.2, 0) is 23.9 Å². The van der Waals surface area contributed by atoms with E-state index in [4.69, 9.17) is 9.47 Å². The lowest BCUT2D eigenvalue weighted by atomic mass is 9.70. The molecule has 192 valence electrons. The van der Waals surface area contributed by atoms with Gasteiger partial charge in [-0.25, -0.2) is 0 Å². The van der Waals surface area contributed by atoms with Crippen molar-refractivity contribution in [2.75, 3.05) is 52.5 Å². The molecule has 4 saturated heterocycles. The lowest BCUT2D eigenvalue weighted by molar-refractivity contribution is -0.146. The van der Waals surface area contributed by atoms with Gasteiger partial charge in [0.15, 0.2) is 0 Å². The molecule has 34 heavy (non-hydrogen) atoms. The highest BCUT2D eigenvalue weighted by atomic mass is 16.5. The minimum absolute atomic E-state index is 0.0580. The Bertz CT molecular complexity index is 773. The molecule has 6 atom stereocenters. The Morgan fingerprint density at radius 2 is 1.88 bits per heavy atom. The number of nitrogens with zero attached hydrogens (tertiary/aromatic N) is 2. The molecule has 3 N–H and O–H groups in total. The fourth-order valence-electron chi connectivity index (χ4n) is 6.29. The van der Waals surface area contributed by atoms with Crippen LogP contribution < -0.4 is 10.6 Å². The first-order valence-electron chi connectivity index (χ1n) is 12.8. The Morgan fingerprint density at radius 3 is 2.53 bits per heavy atom. The Balaban J connectivity index is 1.58. The van der Waals surface area contributed by atoms with Crippen molar-refractivity contribution in [3.05, 3.63) is 0 Å². The van der Waals surface area contributed by atoms with Crippen LogP contribution in [0, 0.1) is 17.8 Å². The lowest BCUT2D eigenvalue weighted by Crippen LogP contribution is -2.59. The number of carbonyl (C=O) groups excluding carboxylic acids is 3. The van der Waals surface area contributed by atoms with Gasteiger partial charge in [-0.3, -0.25) is 19.3 Å². The topological polar surface area (TPSA) is 120 Å². The number of carbonyl (C=O) groups is 3. The summed E-state index contributed by atoms with van der Waals surface area (Å²) < 4.78 is 11.8. The van der Waals surface area contributed by atoms with Crippen LogP contribution in [0.2, 0.25) is 0 Å². The van der Waals surface area contributed by atoms with Gasteiger partial charge < -0.3 is 30.1 Å². The normalized spacial score (nSPS) is 33.9. The smallest absolute Gasteiger partial charge is 0.245 e. The molecular weight excluding hydrogens is 440 g/mol. The molecule has 10 nitrogen and oxygen atoms in total. The molecule has 4 aliphatic heterocycles. The van der Waals surface area contributed by atoms with Crippen LogP contribution >= 0.6 is 0 Å². The summed E-state index contributed by atoms with van der Waals surface area (Å²) in [7, 11) is 0. The molecule has 4 heterocycles. The summed E-state index contributed by atoms with van der Waals surface area (Å²) in [5.74, 6) is -2.06. The van der Waals surface area contributed by atoms with Gasteiger partial charge in [0.1, 0.15) is 11.6 Å². The third-order valence-electron chi connectivity index (χ3n) is 7.98. The van der Waals surface area contributed by atoms with Gasteiger partial charge in [-0.05, 0) is 25.2 Å². The van der Waals surface area contributed by atoms with E-state index in [9.17, 15) is 19.5 Å². The first-order valence-corrected chi connectivity index (χ1v) is 12.8. The third kappa shape index (κ3) is 4.34. The molecule has 2 bridgehead atoms. The zero-order valence-electron chi connectivity index (χ0n) is 20.6. The Morgan fingerprint density at radius 1 is 1.18 bits per heavy atom. The third-order valence-corrected chi connectivity index (χ3v) is 7.98. The van der Waals surface area contributed by atoms with Crippen molar-refractivity contribution < 1.29 is 29.0 Å². The number of aliphatic hydroxyl groups excluding tert-OH is 1. The van der Waals surface area contributed by atoms with Crippen molar-refractivity contribution in [3.63, 3.8) is 0 Å². The number of nitrogens with one attached hydrogen (secondary N) is 2. The fourth-order valence-corrected chi connectivity index (χ4v) is 6.29. The van der Waals surface area contributed by atoms with E-state index in [2.05, 4.69) is 15.5 Å². The summed E-state index contributed by atoms with van der Waals surface area (Å²) in [6.07, 6.45) is 1.64. The van der Waals surface area contributed by atoms with Crippen LogP contribution in [0.15, 0.2) is 0 Å². The number of fused-ring (bicyclic) bond motifs is 1. The number of amides is 3. The van der Waals surface area contributed by atoms with Crippen LogP contribution in [0.25, 0.3) is 0 Å². The van der Waals surface area contributed by atoms with E-state index < -0.39 is 29.5 Å². The van der Waals surface area contributed by atoms with Crippen molar-refractivity contribution >= 4 is 17.7 Å². The quantitative estimate of drug-likeness (QED) is 0.380. The van der Waals surface area contributed by atoms with Crippen LogP contribution in [0.5, 0.6) is 0 Å². The maximum absolute atomic E-state index is 13.9. The van der Waals surface area contributed by atoms with Gasteiger partial charge in [0.2, 0.25) is 17.7 Å². The van der Waals surface area contributed by atoms with Gasteiger partial charge in [-0.2, -0.15) is 0 Å². The van der Waals surface area contributed by atoms with Crippen molar-refractivity contribution in [2.45, 2.75) is 63.8 Å². The van der Waals surface area contributed by atoms with Crippen LogP contribution in [0.3, 0.4) is 0 Å². The van der Waals surface area contributed by atoms with Gasteiger partial charge in [0, 0.05) is 32.7 Å². The monoisotopic (exact) mass is 480 g/mol. The fraction of sp³-hybridized carbons (Fsp3) is 0.875. The number of aliphatic hydroxyl groups is 1. The molecule has 0 aromatic carbocycles. The minimum Gasteiger partial charge on any atom is -0.394 e. The van der Waals surface area contributed by atoms with E-state index in [1.54, 1.807) is 4.90 Å². The molecule has 0 saturated carbocycles. The van der Waals surface area contributed by atoms with Crippen LogP contribution in [-0.4, -0.2) is 109 Å². The lowest BCUT2D eigenvalue weighted by Gasteiger charge is -2.38. The predicted molar refractivity (Wildman–Crippen MR) is 124 cm³/mol. The van der Waals surface area contributed by atoms with E-state index in [1.165, 1.54) is 0 Å². The molecular formula is C24H40N4O6. The Kier molecular flexibility index (Phi) is 7.81. The van der Waals surface area contributed by atoms with Crippen LogP contribution in [0.1, 0.15) is 40.0 Å². The SMILES string of the molecule is CCCNC(=O)[C@@H]1[C@@H]2CCC3(O2)C(C(=O)NCCN2CCOCC2)N([C@@H](CO)C(C)C)C(=O)[C@H]13. The number of likely N-dealkylation sites (tertiary alicyclic amines) is 1. The largest absolute Gasteiger partial charge is 0.394 e. The first-order chi connectivity index (χ1) is 16.4. The Hall–Kier alpha value is -1.75. The maximum Gasteiger partial charge on any atom is 0.245 e. The van der Waals surface area contributed by atoms with Gasteiger partial charge in [0.05, 0.1) is 43.8 Å². The molecule has 10 heteroatoms. The molecule has 3 amide bonds. The summed E-state index contributed by atoms with van der Waals surface area (Å²) in [4.78, 5) is 44.3. The summed E-state index contributed by atoms with van der Waals surface area (Å²) >= 11 is 0. The maximum atomic E-state index is 13.9. The minimum atomic E-state index is -1.03. The molecule has 2 unspecified atom stereocenters. The summed E-state index contributed by atoms with van der Waals surface area (Å²) in [6.45, 7) is 10.3. The van der Waals surface area contributed by atoms with E-state index in [1.807, 2.05) is 20.8 Å². The van der Waals surface area contributed by atoms with Gasteiger partial charge in [0.25, 0.3) is 0 Å². The second-order valence-corrected chi connectivity index (χ2v) is 10.3. The average molecular weight is 481 g/mol. The number of ether oxygens (including phenoxy) is 2. The zero-order valence-corrected chi connectivity index (χ0v) is 20.6. The first kappa shape index (κ1) is 25.3. The van der Waals surface area contributed by atoms with E-state index in [0.29, 0.717) is 45.7 Å². The Labute approximate surface area is 201 Å². The van der Waals surface area contributed by atoms with Crippen LogP contribution in [0.4, 0.5) is 0 Å². The number of rotatable bonds is 10. The summed E-state index contributed by atoms with van der Waals surface area (Å²) in [5.41, 5.74) is -1.03. The van der Waals surface area contributed by atoms with Crippen molar-refractivity contribution in [1.29, 1.82) is 0 Å². The molecule has 4 rings (SSSR count). The molecule has 0 aromatic rings. The average Bonchev–Trinajstić information content (AvgIpc) is 3.46. The molecule has 0 radical (unpaired) electrons. The second kappa shape index (κ2) is 10.5. The van der Waals surface area contributed by atoms with Gasteiger partial charge in [-0.1, -0.05) is 20.8 Å². The van der Waals surface area contributed by atoms with E-state index >= 15 is 0 Å². The number of morpholine rings is 1. The van der Waals surface area contributed by atoms with Gasteiger partial charge >= 0.3 is 0 Å². The highest BCUT2D eigenvalue weighted by Gasteiger charge is 2.75. The molecule has 4 fully saturated rings. The standard InChI is InChI=1S/C24H40N4O6/c1-4-7-25-21(30)18-17-5-6-24(34-17)19(18)23(32)28(16(14-29)15(2)3)20(24)22(31)26-8-9-27-10-12-33-13-11-27/h15-20,29H,4-14H2,1-3H3,(H,25,30)(H,26,31)/t16-,17-,18+,19-,20?,24?/m0/s1. The summed E-state index contributed by atoms with van der Waals surface area (Å²) in [5, 5.41) is 16.1. The van der Waals surface area contributed by atoms with Crippen molar-refractivity contribution in [1.82, 2.24) is 20.4 Å². The van der Waals surface area contributed by atoms with E-state index in [0.717, 1.165) is 19.5 Å². The number of hydrogen-bond donors (Lipinski definition) is 3. The number of hydrogen-bond acceptors (Lipinski definition) is 7. The molecule has 0 aromatic heterocycles.